The van der Waals surface area contributed by atoms with Gasteiger partial charge in [0.2, 0.25) is 0 Å². The summed E-state index contributed by atoms with van der Waals surface area (Å²) in [5.74, 6) is -0.123. The molecule has 6 heteroatoms. The summed E-state index contributed by atoms with van der Waals surface area (Å²) in [5.41, 5.74) is 1.01. The maximum atomic E-state index is 9.69. The number of aliphatic hydroxyl groups excluding tert-OH is 3. The Hall–Kier alpha value is -0.880. The molecule has 1 aromatic rings. The highest BCUT2D eigenvalue weighted by atomic mass is 35.5. The van der Waals surface area contributed by atoms with Gasteiger partial charge in [0.05, 0.1) is 18.4 Å². The van der Waals surface area contributed by atoms with Gasteiger partial charge < -0.3 is 20.4 Å². The van der Waals surface area contributed by atoms with E-state index in [2.05, 4.69) is 4.98 Å². The molecule has 5 nitrogen and oxygen atoms in total. The molecule has 1 atom stereocenters. The fraction of sp³-hybridized carbons (Fsp3) is 0.500. The van der Waals surface area contributed by atoms with Gasteiger partial charge in [-0.3, -0.25) is 4.98 Å². The molecule has 0 aromatic carbocycles. The van der Waals surface area contributed by atoms with Gasteiger partial charge in [0.1, 0.15) is 5.75 Å². The molecule has 1 unspecified atom stereocenters. The van der Waals surface area contributed by atoms with Gasteiger partial charge in [-0.2, -0.15) is 0 Å². The zero-order valence-electron chi connectivity index (χ0n) is 8.92. The van der Waals surface area contributed by atoms with Crippen LogP contribution in [0.4, 0.5) is 0 Å². The average Bonchev–Trinajstić information content (AvgIpc) is 2.22. The Morgan fingerprint density at radius 2 is 2.00 bits per heavy atom. The van der Waals surface area contributed by atoms with Crippen LogP contribution in [0, 0.1) is 6.92 Å². The van der Waals surface area contributed by atoms with Crippen molar-refractivity contribution in [2.75, 3.05) is 6.61 Å². The predicted octanol–water partition coefficient (Wildman–Crippen LogP) is 0.426. The van der Waals surface area contributed by atoms with E-state index in [0.29, 0.717) is 11.3 Å². The van der Waals surface area contributed by atoms with Crippen LogP contribution in [0.5, 0.6) is 5.75 Å². The molecule has 0 radical (unpaired) electrons. The molecule has 0 saturated heterocycles. The van der Waals surface area contributed by atoms with Crippen molar-refractivity contribution in [1.82, 2.24) is 4.98 Å². The summed E-state index contributed by atoms with van der Waals surface area (Å²) in [6.45, 7) is 1.11. The number of hydrogen-bond donors (Lipinski definition) is 4. The lowest BCUT2D eigenvalue weighted by Crippen LogP contribution is -2.06. The molecule has 0 fully saturated rings. The average molecular weight is 250 g/mol. The van der Waals surface area contributed by atoms with E-state index in [-0.39, 0.29) is 43.4 Å². The zero-order valence-corrected chi connectivity index (χ0v) is 9.74. The van der Waals surface area contributed by atoms with Gasteiger partial charge >= 0.3 is 0 Å². The van der Waals surface area contributed by atoms with Crippen molar-refractivity contribution in [3.63, 3.8) is 0 Å². The summed E-state index contributed by atoms with van der Waals surface area (Å²) in [4.78, 5) is 3.87. The minimum absolute atomic E-state index is 0. The van der Waals surface area contributed by atoms with E-state index < -0.39 is 6.10 Å². The monoisotopic (exact) mass is 249 g/mol. The molecule has 16 heavy (non-hydrogen) atoms. The van der Waals surface area contributed by atoms with Crippen LogP contribution in [0.15, 0.2) is 6.20 Å². The topological polar surface area (TPSA) is 93.8 Å². The van der Waals surface area contributed by atoms with Gasteiger partial charge in [-0.25, -0.2) is 0 Å². The highest BCUT2D eigenvalue weighted by Crippen LogP contribution is 2.31. The third kappa shape index (κ3) is 3.05. The summed E-state index contributed by atoms with van der Waals surface area (Å²) >= 11 is 0. The minimum atomic E-state index is -0.987. The number of pyridine rings is 1. The zero-order chi connectivity index (χ0) is 11.4. The molecule has 1 aromatic heterocycles. The number of hydrogen-bond acceptors (Lipinski definition) is 5. The van der Waals surface area contributed by atoms with Crippen LogP contribution in [-0.4, -0.2) is 32.0 Å². The minimum Gasteiger partial charge on any atom is -0.506 e. The van der Waals surface area contributed by atoms with Crippen LogP contribution in [0.2, 0.25) is 0 Å². The lowest BCUT2D eigenvalue weighted by atomic mass is 10.0. The molecule has 0 bridgehead atoms. The molecule has 1 rings (SSSR count). The lowest BCUT2D eigenvalue weighted by molar-refractivity contribution is 0.128. The van der Waals surface area contributed by atoms with Crippen molar-refractivity contribution in [3.8, 4) is 5.75 Å². The molecular formula is C10H16ClNO4. The molecule has 0 spiro atoms. The highest BCUT2D eigenvalue weighted by Gasteiger charge is 2.18. The van der Waals surface area contributed by atoms with Crippen molar-refractivity contribution in [2.24, 2.45) is 0 Å². The number of aryl methyl sites for hydroxylation is 1. The second-order valence-corrected chi connectivity index (χ2v) is 3.32. The number of aliphatic hydroxyl groups is 3. The molecular weight excluding hydrogens is 234 g/mol. The van der Waals surface area contributed by atoms with Crippen LogP contribution < -0.4 is 0 Å². The van der Waals surface area contributed by atoms with Gasteiger partial charge in [0.25, 0.3) is 0 Å². The van der Waals surface area contributed by atoms with Gasteiger partial charge in [0, 0.05) is 30.4 Å². The summed E-state index contributed by atoms with van der Waals surface area (Å²) < 4.78 is 0. The Labute approximate surface area is 99.8 Å². The summed E-state index contributed by atoms with van der Waals surface area (Å²) in [7, 11) is 0. The Morgan fingerprint density at radius 3 is 2.50 bits per heavy atom. The molecule has 4 N–H and O–H groups in total. The first-order valence-electron chi connectivity index (χ1n) is 4.69. The Kier molecular flexibility index (Phi) is 6.28. The van der Waals surface area contributed by atoms with E-state index in [4.69, 9.17) is 10.2 Å². The predicted molar refractivity (Wildman–Crippen MR) is 60.5 cm³/mol. The van der Waals surface area contributed by atoms with Crippen molar-refractivity contribution in [2.45, 2.75) is 26.1 Å². The highest BCUT2D eigenvalue weighted by molar-refractivity contribution is 5.85. The van der Waals surface area contributed by atoms with E-state index in [1.54, 1.807) is 6.92 Å². The standard InChI is InChI=1S/C10H15NO4.ClH/c1-6-10(15)9(8(14)2-3-12)7(5-13)4-11-6;/h4,8,12-15H,2-3,5H2,1H3;1H. The first kappa shape index (κ1) is 15.1. The molecule has 1 heterocycles. The van der Waals surface area contributed by atoms with Gasteiger partial charge in [-0.1, -0.05) is 0 Å². The Bertz CT molecular complexity index is 346. The summed E-state index contributed by atoms with van der Waals surface area (Å²) in [5, 5.41) is 37.1. The molecule has 0 amide bonds. The van der Waals surface area contributed by atoms with E-state index in [0.717, 1.165) is 0 Å². The number of rotatable bonds is 4. The first-order chi connectivity index (χ1) is 7.11. The number of aromatic hydroxyl groups is 1. The van der Waals surface area contributed by atoms with Crippen LogP contribution in [0.25, 0.3) is 0 Å². The molecule has 0 aliphatic rings. The number of aromatic nitrogens is 1. The normalized spacial score (nSPS) is 12.0. The van der Waals surface area contributed by atoms with Crippen molar-refractivity contribution in [1.29, 1.82) is 0 Å². The van der Waals surface area contributed by atoms with E-state index >= 15 is 0 Å². The number of nitrogens with zero attached hydrogens (tertiary/aromatic N) is 1. The van der Waals surface area contributed by atoms with Crippen molar-refractivity contribution < 1.29 is 20.4 Å². The molecule has 0 saturated carbocycles. The number of halogens is 1. The van der Waals surface area contributed by atoms with Crippen LogP contribution in [-0.2, 0) is 6.61 Å². The smallest absolute Gasteiger partial charge is 0.142 e. The molecule has 0 aliphatic carbocycles. The summed E-state index contributed by atoms with van der Waals surface area (Å²) in [6, 6.07) is 0. The van der Waals surface area contributed by atoms with Gasteiger partial charge in [-0.05, 0) is 6.92 Å². The van der Waals surface area contributed by atoms with E-state index in [9.17, 15) is 10.2 Å². The summed E-state index contributed by atoms with van der Waals surface area (Å²) in [6.07, 6.45) is 0.536. The Morgan fingerprint density at radius 1 is 1.38 bits per heavy atom. The van der Waals surface area contributed by atoms with Crippen LogP contribution in [0.1, 0.15) is 29.3 Å². The quantitative estimate of drug-likeness (QED) is 0.621. The first-order valence-corrected chi connectivity index (χ1v) is 4.69. The second-order valence-electron chi connectivity index (χ2n) is 3.32. The SMILES string of the molecule is Cc1ncc(CO)c(C(O)CCO)c1O.Cl. The van der Waals surface area contributed by atoms with Crippen LogP contribution >= 0.6 is 12.4 Å². The Balaban J connectivity index is 0.00000225. The fourth-order valence-corrected chi connectivity index (χ4v) is 1.42. The fourth-order valence-electron chi connectivity index (χ4n) is 1.42. The second kappa shape index (κ2) is 6.65. The van der Waals surface area contributed by atoms with Crippen molar-refractivity contribution in [3.05, 3.63) is 23.0 Å². The third-order valence-corrected chi connectivity index (χ3v) is 2.26. The van der Waals surface area contributed by atoms with E-state index in [1.165, 1.54) is 6.20 Å². The molecule has 92 valence electrons. The van der Waals surface area contributed by atoms with Gasteiger partial charge in [0.15, 0.2) is 0 Å². The maximum Gasteiger partial charge on any atom is 0.142 e. The lowest BCUT2D eigenvalue weighted by Gasteiger charge is -2.16. The van der Waals surface area contributed by atoms with Crippen LogP contribution in [0.3, 0.4) is 0 Å². The van der Waals surface area contributed by atoms with Crippen molar-refractivity contribution >= 4 is 12.4 Å². The molecule has 0 aliphatic heterocycles. The largest absolute Gasteiger partial charge is 0.506 e. The van der Waals surface area contributed by atoms with Gasteiger partial charge in [-0.15, -0.1) is 12.4 Å². The van der Waals surface area contributed by atoms with E-state index in [1.807, 2.05) is 0 Å². The third-order valence-electron chi connectivity index (χ3n) is 2.26. The maximum absolute atomic E-state index is 9.69.